The third kappa shape index (κ3) is 4.69. The largest absolute Gasteiger partial charge is 0.420 e. The highest BCUT2D eigenvalue weighted by molar-refractivity contribution is 6.39. The third-order valence-corrected chi connectivity index (χ3v) is 5.01. The molecular weight excluding hydrogens is 404 g/mol. The number of nitrogens with one attached hydrogen (secondary N) is 1. The van der Waals surface area contributed by atoms with Crippen LogP contribution in [0.15, 0.2) is 36.5 Å². The number of nitrogens with two attached hydrogens (primary N) is 1. The Balaban J connectivity index is 1.81. The predicted molar refractivity (Wildman–Crippen MR) is 102 cm³/mol. The van der Waals surface area contributed by atoms with Crippen molar-refractivity contribution in [2.24, 2.45) is 5.92 Å². The molecule has 2 aromatic rings. The van der Waals surface area contributed by atoms with Gasteiger partial charge in [0, 0.05) is 6.54 Å². The smallest absolute Gasteiger partial charge is 0.383 e. The van der Waals surface area contributed by atoms with Gasteiger partial charge in [0.1, 0.15) is 11.6 Å². The molecule has 1 aromatic carbocycles. The monoisotopic (exact) mass is 424 g/mol. The van der Waals surface area contributed by atoms with Crippen molar-refractivity contribution in [1.82, 2.24) is 9.88 Å². The topological polar surface area (TPSA) is 88.3 Å². The Labute approximate surface area is 170 Å². The molecule has 1 saturated heterocycles. The number of hydrogen-bond acceptors (Lipinski definition) is 4. The number of carbonyl (C=O) groups is 2. The molecule has 3 N–H and O–H groups in total. The Kier molecular flexibility index (Phi) is 5.95. The lowest BCUT2D eigenvalue weighted by atomic mass is 9.90. The standard InChI is InChI=1S/C20H20F4N4O2/c1-11-2-7-16(12-3-5-13(21)6-4-12)28(10-11)19(30)18(29)27-14-8-15(20(22,23)24)17(25)26-9-14/h3-6,8-9,11,16H,2,7,10H2,1H3,(H2,25,26)(H,27,29)/t11-,16+/m1/s1. The maximum absolute atomic E-state index is 13.2. The second kappa shape index (κ2) is 8.29. The number of amides is 2. The average molecular weight is 424 g/mol. The van der Waals surface area contributed by atoms with Gasteiger partial charge < -0.3 is 16.0 Å². The SMILES string of the molecule is C[C@@H]1CC[C@@H](c2ccc(F)cc2)N(C(=O)C(=O)Nc2cnc(N)c(C(F)(F)F)c2)C1. The van der Waals surface area contributed by atoms with Crippen molar-refractivity contribution >= 4 is 23.3 Å². The van der Waals surface area contributed by atoms with E-state index in [2.05, 4.69) is 10.3 Å². The highest BCUT2D eigenvalue weighted by atomic mass is 19.4. The first-order chi connectivity index (χ1) is 14.1. The first-order valence-electron chi connectivity index (χ1n) is 9.26. The number of nitrogens with zero attached hydrogens (tertiary/aromatic N) is 2. The first kappa shape index (κ1) is 21.5. The van der Waals surface area contributed by atoms with Gasteiger partial charge in [0.15, 0.2) is 0 Å². The maximum Gasteiger partial charge on any atom is 0.420 e. The van der Waals surface area contributed by atoms with Crippen molar-refractivity contribution in [3.05, 3.63) is 53.5 Å². The second-order valence-corrected chi connectivity index (χ2v) is 7.32. The normalized spacial score (nSPS) is 19.4. The third-order valence-electron chi connectivity index (χ3n) is 5.01. The van der Waals surface area contributed by atoms with Gasteiger partial charge >= 0.3 is 18.0 Å². The van der Waals surface area contributed by atoms with Crippen molar-refractivity contribution in [2.75, 3.05) is 17.6 Å². The van der Waals surface area contributed by atoms with Crippen LogP contribution >= 0.6 is 0 Å². The molecule has 2 heterocycles. The summed E-state index contributed by atoms with van der Waals surface area (Å²) in [6.45, 7) is 2.22. The van der Waals surface area contributed by atoms with E-state index < -0.39 is 41.2 Å². The molecule has 1 fully saturated rings. The number of piperidine rings is 1. The fourth-order valence-electron chi connectivity index (χ4n) is 3.49. The lowest BCUT2D eigenvalue weighted by Crippen LogP contribution is -2.46. The van der Waals surface area contributed by atoms with E-state index in [9.17, 15) is 27.2 Å². The Morgan fingerprint density at radius 2 is 1.87 bits per heavy atom. The zero-order chi connectivity index (χ0) is 22.1. The second-order valence-electron chi connectivity index (χ2n) is 7.32. The molecule has 0 saturated carbocycles. The molecule has 160 valence electrons. The highest BCUT2D eigenvalue weighted by Crippen LogP contribution is 2.35. The Morgan fingerprint density at radius 1 is 1.20 bits per heavy atom. The summed E-state index contributed by atoms with van der Waals surface area (Å²) in [6.07, 6.45) is -2.42. The Hall–Kier alpha value is -3.17. The molecule has 2 amide bonds. The maximum atomic E-state index is 13.2. The van der Waals surface area contributed by atoms with Crippen molar-refractivity contribution in [3.63, 3.8) is 0 Å². The molecule has 0 aliphatic carbocycles. The number of halogens is 4. The first-order valence-corrected chi connectivity index (χ1v) is 9.26. The molecular formula is C20H20F4N4O2. The van der Waals surface area contributed by atoms with Crippen LogP contribution in [-0.2, 0) is 15.8 Å². The summed E-state index contributed by atoms with van der Waals surface area (Å²) in [6, 6.07) is 5.84. The number of benzene rings is 1. The number of rotatable bonds is 2. The van der Waals surface area contributed by atoms with Crippen LogP contribution in [0.2, 0.25) is 0 Å². The van der Waals surface area contributed by atoms with E-state index in [0.29, 0.717) is 24.6 Å². The van der Waals surface area contributed by atoms with Crippen LogP contribution in [0.5, 0.6) is 0 Å². The van der Waals surface area contributed by atoms with Crippen molar-refractivity contribution < 1.29 is 27.2 Å². The summed E-state index contributed by atoms with van der Waals surface area (Å²) in [4.78, 5) is 30.1. The molecule has 1 aliphatic rings. The minimum absolute atomic E-state index is 0.133. The van der Waals surface area contributed by atoms with Crippen LogP contribution in [0.1, 0.15) is 36.9 Å². The highest BCUT2D eigenvalue weighted by Gasteiger charge is 2.36. The summed E-state index contributed by atoms with van der Waals surface area (Å²) >= 11 is 0. The van der Waals surface area contributed by atoms with Gasteiger partial charge in [-0.3, -0.25) is 9.59 Å². The van der Waals surface area contributed by atoms with Gasteiger partial charge in [-0.15, -0.1) is 0 Å². The number of nitrogen functional groups attached to an aromatic ring is 1. The fraction of sp³-hybridized carbons (Fsp3) is 0.350. The average Bonchev–Trinajstić information content (AvgIpc) is 2.68. The van der Waals surface area contributed by atoms with Gasteiger partial charge in [0.05, 0.1) is 23.5 Å². The van der Waals surface area contributed by atoms with Crippen LogP contribution in [-0.4, -0.2) is 28.2 Å². The minimum atomic E-state index is -4.75. The molecule has 10 heteroatoms. The lowest BCUT2D eigenvalue weighted by Gasteiger charge is -2.38. The van der Waals surface area contributed by atoms with Gasteiger partial charge in [0.2, 0.25) is 0 Å². The number of carbonyl (C=O) groups excluding carboxylic acids is 2. The van der Waals surface area contributed by atoms with Crippen LogP contribution in [0.25, 0.3) is 0 Å². The van der Waals surface area contributed by atoms with E-state index >= 15 is 0 Å². The van der Waals surface area contributed by atoms with Crippen molar-refractivity contribution in [1.29, 1.82) is 0 Å². The van der Waals surface area contributed by atoms with E-state index in [4.69, 9.17) is 5.73 Å². The van der Waals surface area contributed by atoms with E-state index in [0.717, 1.165) is 12.6 Å². The number of hydrogen-bond donors (Lipinski definition) is 2. The van der Waals surface area contributed by atoms with E-state index in [-0.39, 0.29) is 11.6 Å². The molecule has 6 nitrogen and oxygen atoms in total. The number of pyridine rings is 1. The summed E-state index contributed by atoms with van der Waals surface area (Å²) in [5, 5.41) is 2.17. The minimum Gasteiger partial charge on any atom is -0.383 e. The van der Waals surface area contributed by atoms with Gasteiger partial charge in [-0.05, 0) is 42.5 Å². The number of alkyl halides is 3. The number of likely N-dealkylation sites (tertiary alicyclic amines) is 1. The molecule has 2 atom stereocenters. The Morgan fingerprint density at radius 3 is 2.50 bits per heavy atom. The predicted octanol–water partition coefficient (Wildman–Crippen LogP) is 3.76. The fourth-order valence-corrected chi connectivity index (χ4v) is 3.49. The zero-order valence-electron chi connectivity index (χ0n) is 16.0. The molecule has 0 unspecified atom stereocenters. The molecule has 1 aromatic heterocycles. The summed E-state index contributed by atoms with van der Waals surface area (Å²) in [7, 11) is 0. The van der Waals surface area contributed by atoms with Gasteiger partial charge in [-0.1, -0.05) is 19.1 Å². The van der Waals surface area contributed by atoms with E-state index in [1.807, 2.05) is 6.92 Å². The number of anilines is 2. The van der Waals surface area contributed by atoms with Gasteiger partial charge in [0.25, 0.3) is 0 Å². The van der Waals surface area contributed by atoms with Crippen LogP contribution in [0, 0.1) is 11.7 Å². The lowest BCUT2D eigenvalue weighted by molar-refractivity contribution is -0.146. The van der Waals surface area contributed by atoms with Gasteiger partial charge in [-0.25, -0.2) is 9.37 Å². The van der Waals surface area contributed by atoms with Crippen molar-refractivity contribution in [3.8, 4) is 0 Å². The Bertz CT molecular complexity index is 947. The van der Waals surface area contributed by atoms with Crippen LogP contribution in [0.3, 0.4) is 0 Å². The number of aromatic nitrogens is 1. The molecule has 1 aliphatic heterocycles. The molecule has 0 bridgehead atoms. The molecule has 3 rings (SSSR count). The molecule has 0 radical (unpaired) electrons. The summed E-state index contributed by atoms with van der Waals surface area (Å²) in [5.41, 5.74) is 4.43. The molecule has 30 heavy (non-hydrogen) atoms. The zero-order valence-corrected chi connectivity index (χ0v) is 16.0. The quantitative estimate of drug-likeness (QED) is 0.568. The van der Waals surface area contributed by atoms with Crippen LogP contribution < -0.4 is 11.1 Å². The van der Waals surface area contributed by atoms with Crippen molar-refractivity contribution in [2.45, 2.75) is 32.0 Å². The van der Waals surface area contributed by atoms with E-state index in [1.165, 1.54) is 17.0 Å². The van der Waals surface area contributed by atoms with Crippen LogP contribution in [0.4, 0.5) is 29.1 Å². The van der Waals surface area contributed by atoms with E-state index in [1.54, 1.807) is 12.1 Å². The molecule has 0 spiro atoms. The summed E-state index contributed by atoms with van der Waals surface area (Å²) < 4.78 is 52.2. The summed E-state index contributed by atoms with van der Waals surface area (Å²) in [5.74, 6) is -2.99. The van der Waals surface area contributed by atoms with Gasteiger partial charge in [-0.2, -0.15) is 13.2 Å².